The molecule has 1 aromatic rings. The lowest BCUT2D eigenvalue weighted by Gasteiger charge is -2.33. The Hall–Kier alpha value is -0.903. The van der Waals surface area contributed by atoms with Crippen molar-refractivity contribution < 1.29 is 8.85 Å². The second-order valence-electron chi connectivity index (χ2n) is 4.94. The van der Waals surface area contributed by atoms with Gasteiger partial charge in [-0.2, -0.15) is 0 Å². The molecule has 18 heavy (non-hydrogen) atoms. The Balaban J connectivity index is 3.14. The van der Waals surface area contributed by atoms with Gasteiger partial charge in [-0.3, -0.25) is 0 Å². The van der Waals surface area contributed by atoms with Crippen molar-refractivity contribution in [2.45, 2.75) is 45.9 Å². The predicted octanol–water partition coefficient (Wildman–Crippen LogP) is 3.37. The summed E-state index contributed by atoms with van der Waals surface area (Å²) in [6.07, 6.45) is 2.20. The molecule has 0 radical (unpaired) electrons. The van der Waals surface area contributed by atoms with E-state index in [0.29, 0.717) is 0 Å². The topological polar surface area (TPSA) is 18.5 Å². The van der Waals surface area contributed by atoms with Gasteiger partial charge >= 0.3 is 8.56 Å². The van der Waals surface area contributed by atoms with Crippen LogP contribution in [-0.2, 0) is 8.85 Å². The zero-order valence-electron chi connectivity index (χ0n) is 11.8. The van der Waals surface area contributed by atoms with Gasteiger partial charge in [-0.05, 0) is 32.9 Å². The van der Waals surface area contributed by atoms with Crippen LogP contribution in [0.4, 0.5) is 0 Å². The van der Waals surface area contributed by atoms with Gasteiger partial charge in [-0.1, -0.05) is 36.4 Å². The summed E-state index contributed by atoms with van der Waals surface area (Å²) in [6.45, 7) is 12.1. The number of hydrogen-bond acceptors (Lipinski definition) is 2. The van der Waals surface area contributed by atoms with Crippen LogP contribution in [0.15, 0.2) is 43.0 Å². The van der Waals surface area contributed by atoms with Crippen molar-refractivity contribution in [3.05, 3.63) is 43.0 Å². The third kappa shape index (κ3) is 4.09. The molecule has 0 saturated heterocycles. The molecule has 0 saturated carbocycles. The third-order valence-corrected chi connectivity index (χ3v) is 6.22. The molecule has 0 unspecified atom stereocenters. The fourth-order valence-corrected chi connectivity index (χ4v) is 5.38. The standard InChI is InChI=1S/C15H24O2Si/c1-6-12-18(16-13(2)3,17-14(4)5)15-10-8-7-9-11-15/h6-11,13-14H,1,12H2,2-5H3. The molecule has 0 amide bonds. The van der Waals surface area contributed by atoms with Crippen molar-refractivity contribution in [3.8, 4) is 0 Å². The largest absolute Gasteiger partial charge is 0.388 e. The number of rotatable bonds is 7. The highest BCUT2D eigenvalue weighted by molar-refractivity contribution is 6.81. The average Bonchev–Trinajstić information content (AvgIpc) is 2.28. The minimum absolute atomic E-state index is 0.149. The number of hydrogen-bond donors (Lipinski definition) is 0. The maximum Gasteiger partial charge on any atom is 0.376 e. The molecule has 0 aliphatic heterocycles. The van der Waals surface area contributed by atoms with Crippen LogP contribution < -0.4 is 5.19 Å². The third-order valence-electron chi connectivity index (χ3n) is 2.48. The Morgan fingerprint density at radius 2 is 1.56 bits per heavy atom. The second kappa shape index (κ2) is 6.88. The van der Waals surface area contributed by atoms with Crippen LogP contribution in [0.1, 0.15) is 27.7 Å². The summed E-state index contributed by atoms with van der Waals surface area (Å²) in [6, 6.07) is 11.1. The molecule has 0 aliphatic carbocycles. The van der Waals surface area contributed by atoms with E-state index in [-0.39, 0.29) is 12.2 Å². The van der Waals surface area contributed by atoms with Gasteiger partial charge in [0.2, 0.25) is 0 Å². The van der Waals surface area contributed by atoms with Gasteiger partial charge < -0.3 is 8.85 Å². The summed E-state index contributed by atoms with van der Waals surface area (Å²) < 4.78 is 12.4. The highest BCUT2D eigenvalue weighted by Gasteiger charge is 2.40. The van der Waals surface area contributed by atoms with Gasteiger partial charge in [0.05, 0.1) is 0 Å². The van der Waals surface area contributed by atoms with Gasteiger partial charge in [0, 0.05) is 18.3 Å². The Morgan fingerprint density at radius 3 is 1.94 bits per heavy atom. The molecule has 0 N–H and O–H groups in total. The van der Waals surface area contributed by atoms with Crippen molar-refractivity contribution in [3.63, 3.8) is 0 Å². The fraction of sp³-hybridized carbons (Fsp3) is 0.467. The quantitative estimate of drug-likeness (QED) is 0.555. The van der Waals surface area contributed by atoms with E-state index in [2.05, 4.69) is 46.4 Å². The molecule has 1 aromatic carbocycles. The summed E-state index contributed by atoms with van der Waals surface area (Å²) in [7, 11) is -2.42. The Bertz CT molecular complexity index is 350. The first-order valence-corrected chi connectivity index (χ1v) is 8.54. The number of allylic oxidation sites excluding steroid dienone is 1. The first-order valence-electron chi connectivity index (χ1n) is 6.52. The maximum absolute atomic E-state index is 6.22. The van der Waals surface area contributed by atoms with Gasteiger partial charge in [-0.15, -0.1) is 6.58 Å². The van der Waals surface area contributed by atoms with Crippen molar-refractivity contribution in [2.75, 3.05) is 0 Å². The Labute approximate surface area is 112 Å². The van der Waals surface area contributed by atoms with E-state index in [4.69, 9.17) is 8.85 Å². The fourth-order valence-electron chi connectivity index (χ4n) is 2.02. The van der Waals surface area contributed by atoms with Crippen LogP contribution in [0.3, 0.4) is 0 Å². The van der Waals surface area contributed by atoms with E-state index in [9.17, 15) is 0 Å². The predicted molar refractivity (Wildman–Crippen MR) is 79.3 cm³/mol. The molecule has 0 aliphatic rings. The van der Waals surface area contributed by atoms with Crippen LogP contribution in [0.25, 0.3) is 0 Å². The smallest absolute Gasteiger partial charge is 0.376 e. The molecule has 0 bridgehead atoms. The first-order chi connectivity index (χ1) is 8.50. The lowest BCUT2D eigenvalue weighted by molar-refractivity contribution is 0.117. The molecule has 1 rings (SSSR count). The highest BCUT2D eigenvalue weighted by Crippen LogP contribution is 2.19. The molecule has 0 aromatic heterocycles. The molecular weight excluding hydrogens is 240 g/mol. The van der Waals surface area contributed by atoms with Crippen LogP contribution in [-0.4, -0.2) is 20.8 Å². The zero-order valence-corrected chi connectivity index (χ0v) is 12.8. The van der Waals surface area contributed by atoms with Crippen LogP contribution in [0.2, 0.25) is 6.04 Å². The normalized spacial score (nSPS) is 12.1. The summed E-state index contributed by atoms with van der Waals surface area (Å²) >= 11 is 0. The Morgan fingerprint density at radius 1 is 1.06 bits per heavy atom. The maximum atomic E-state index is 6.22. The summed E-state index contributed by atoms with van der Waals surface area (Å²) in [4.78, 5) is 0. The van der Waals surface area contributed by atoms with E-state index in [1.54, 1.807) is 0 Å². The Kier molecular flexibility index (Phi) is 5.79. The minimum Gasteiger partial charge on any atom is -0.388 e. The van der Waals surface area contributed by atoms with Gasteiger partial charge in [0.1, 0.15) is 0 Å². The highest BCUT2D eigenvalue weighted by atomic mass is 28.4. The van der Waals surface area contributed by atoms with Crippen molar-refractivity contribution in [1.29, 1.82) is 0 Å². The SMILES string of the molecule is C=CC[Si](OC(C)C)(OC(C)C)c1ccccc1. The van der Waals surface area contributed by atoms with Crippen molar-refractivity contribution >= 4 is 13.7 Å². The summed E-state index contributed by atoms with van der Waals surface area (Å²) in [5.74, 6) is 0. The molecular formula is C15H24O2Si. The lowest BCUT2D eigenvalue weighted by Crippen LogP contribution is -2.56. The average molecular weight is 264 g/mol. The van der Waals surface area contributed by atoms with Crippen LogP contribution >= 0.6 is 0 Å². The molecule has 2 nitrogen and oxygen atoms in total. The van der Waals surface area contributed by atoms with E-state index >= 15 is 0 Å². The molecule has 0 heterocycles. The van der Waals surface area contributed by atoms with Crippen molar-refractivity contribution in [2.24, 2.45) is 0 Å². The zero-order chi connectivity index (χ0) is 13.6. The van der Waals surface area contributed by atoms with Gasteiger partial charge in [-0.25, -0.2) is 0 Å². The summed E-state index contributed by atoms with van der Waals surface area (Å²) in [5.41, 5.74) is 0. The summed E-state index contributed by atoms with van der Waals surface area (Å²) in [5, 5.41) is 1.17. The van der Waals surface area contributed by atoms with Gasteiger partial charge in [0.15, 0.2) is 0 Å². The van der Waals surface area contributed by atoms with Crippen LogP contribution in [0, 0.1) is 0 Å². The second-order valence-corrected chi connectivity index (χ2v) is 7.91. The first kappa shape index (κ1) is 15.2. The molecule has 3 heteroatoms. The molecule has 0 spiro atoms. The molecule has 100 valence electrons. The minimum atomic E-state index is -2.42. The van der Waals surface area contributed by atoms with Crippen LogP contribution in [0.5, 0.6) is 0 Å². The lowest BCUT2D eigenvalue weighted by atomic mass is 10.4. The van der Waals surface area contributed by atoms with E-state index in [1.165, 1.54) is 5.19 Å². The van der Waals surface area contributed by atoms with E-state index in [1.807, 2.05) is 24.3 Å². The van der Waals surface area contributed by atoms with Crippen molar-refractivity contribution in [1.82, 2.24) is 0 Å². The monoisotopic (exact) mass is 264 g/mol. The van der Waals surface area contributed by atoms with E-state index in [0.717, 1.165) is 6.04 Å². The van der Waals surface area contributed by atoms with E-state index < -0.39 is 8.56 Å². The van der Waals surface area contributed by atoms with Gasteiger partial charge in [0.25, 0.3) is 0 Å². The molecule has 0 atom stereocenters. The number of benzene rings is 1. The molecule has 0 fully saturated rings.